The summed E-state index contributed by atoms with van der Waals surface area (Å²) in [7, 11) is 0. The molecule has 1 amide bonds. The van der Waals surface area contributed by atoms with Gasteiger partial charge in [0.25, 0.3) is 5.91 Å². The third-order valence-corrected chi connectivity index (χ3v) is 3.66. The van der Waals surface area contributed by atoms with Gasteiger partial charge in [0.15, 0.2) is 6.61 Å². The van der Waals surface area contributed by atoms with Crippen LogP contribution in [0.3, 0.4) is 0 Å². The molecule has 8 heteroatoms. The van der Waals surface area contributed by atoms with Crippen LogP contribution < -0.4 is 4.90 Å². The summed E-state index contributed by atoms with van der Waals surface area (Å²) in [6, 6.07) is 15.5. The predicted molar refractivity (Wildman–Crippen MR) is 94.7 cm³/mol. The average molecular weight is 364 g/mol. The van der Waals surface area contributed by atoms with Crippen molar-refractivity contribution in [3.8, 4) is 6.07 Å². The molecule has 0 atom stereocenters. The van der Waals surface area contributed by atoms with E-state index in [1.165, 1.54) is 11.0 Å². The zero-order valence-corrected chi connectivity index (χ0v) is 14.3. The Morgan fingerprint density at radius 2 is 2.00 bits per heavy atom. The smallest absolute Gasteiger partial charge is 0.374 e. The molecule has 2 aromatic heterocycles. The molecule has 2 heterocycles. The minimum atomic E-state index is -0.750. The molecule has 0 aliphatic carbocycles. The summed E-state index contributed by atoms with van der Waals surface area (Å²) in [6.45, 7) is -0.261. The molecule has 27 heavy (non-hydrogen) atoms. The van der Waals surface area contributed by atoms with Gasteiger partial charge in [-0.1, -0.05) is 18.2 Å². The lowest BCUT2D eigenvalue weighted by atomic mass is 10.3. The van der Waals surface area contributed by atoms with Gasteiger partial charge in [-0.3, -0.25) is 14.4 Å². The van der Waals surface area contributed by atoms with Crippen molar-refractivity contribution in [2.45, 2.75) is 6.54 Å². The molecule has 0 saturated carbocycles. The van der Waals surface area contributed by atoms with E-state index in [1.807, 2.05) is 6.07 Å². The van der Waals surface area contributed by atoms with Crippen LogP contribution in [0.25, 0.3) is 0 Å². The van der Waals surface area contributed by atoms with Gasteiger partial charge in [0, 0.05) is 18.1 Å². The summed E-state index contributed by atoms with van der Waals surface area (Å²) in [4.78, 5) is 25.7. The van der Waals surface area contributed by atoms with Gasteiger partial charge in [0.1, 0.15) is 12.3 Å². The van der Waals surface area contributed by atoms with Gasteiger partial charge in [0.2, 0.25) is 5.76 Å². The third kappa shape index (κ3) is 4.61. The summed E-state index contributed by atoms with van der Waals surface area (Å²) < 4.78 is 12.1. The van der Waals surface area contributed by atoms with Gasteiger partial charge in [0.05, 0.1) is 12.6 Å². The molecule has 0 bridgehead atoms. The fourth-order valence-corrected chi connectivity index (χ4v) is 2.40. The first kappa shape index (κ1) is 17.9. The number of amides is 1. The zero-order chi connectivity index (χ0) is 19.1. The molecule has 0 unspecified atom stereocenters. The number of hydrogen-bond acceptors (Lipinski definition) is 6. The molecule has 1 aromatic carbocycles. The second-order valence-electron chi connectivity index (χ2n) is 5.52. The fraction of sp³-hybridized carbons (Fsp3) is 0.158. The number of esters is 1. The van der Waals surface area contributed by atoms with E-state index in [2.05, 4.69) is 5.10 Å². The van der Waals surface area contributed by atoms with E-state index in [1.54, 1.807) is 59.5 Å². The number of carbonyl (C=O) groups is 2. The summed E-state index contributed by atoms with van der Waals surface area (Å²) in [6.07, 6.45) is 3.41. The Morgan fingerprint density at radius 1 is 1.19 bits per heavy atom. The normalized spacial score (nSPS) is 10.2. The van der Waals surface area contributed by atoms with E-state index < -0.39 is 18.5 Å². The molecule has 0 radical (unpaired) electrons. The monoisotopic (exact) mass is 364 g/mol. The highest BCUT2D eigenvalue weighted by Crippen LogP contribution is 2.14. The van der Waals surface area contributed by atoms with Crippen LogP contribution >= 0.6 is 0 Å². The molecule has 136 valence electrons. The van der Waals surface area contributed by atoms with Crippen LogP contribution in [-0.4, -0.2) is 34.8 Å². The van der Waals surface area contributed by atoms with Crippen molar-refractivity contribution in [3.63, 3.8) is 0 Å². The highest BCUT2D eigenvalue weighted by atomic mass is 16.5. The lowest BCUT2D eigenvalue weighted by Crippen LogP contribution is -2.35. The van der Waals surface area contributed by atoms with E-state index in [9.17, 15) is 9.59 Å². The highest BCUT2D eigenvalue weighted by molar-refractivity contribution is 5.96. The molecule has 0 aliphatic heterocycles. The Bertz CT molecular complexity index is 942. The highest BCUT2D eigenvalue weighted by Gasteiger charge is 2.19. The van der Waals surface area contributed by atoms with E-state index in [4.69, 9.17) is 14.4 Å². The largest absolute Gasteiger partial charge is 0.452 e. The summed E-state index contributed by atoms with van der Waals surface area (Å²) >= 11 is 0. The molecule has 0 fully saturated rings. The average Bonchev–Trinajstić information content (AvgIpc) is 3.37. The van der Waals surface area contributed by atoms with Crippen molar-refractivity contribution in [2.75, 3.05) is 18.1 Å². The molecular weight excluding hydrogens is 348 g/mol. The number of nitriles is 1. The number of rotatable bonds is 7. The van der Waals surface area contributed by atoms with Gasteiger partial charge in [-0.2, -0.15) is 10.4 Å². The maximum Gasteiger partial charge on any atom is 0.374 e. The Kier molecular flexibility index (Phi) is 5.64. The van der Waals surface area contributed by atoms with E-state index in [0.717, 1.165) is 0 Å². The maximum atomic E-state index is 12.3. The van der Waals surface area contributed by atoms with Crippen molar-refractivity contribution < 1.29 is 18.7 Å². The Balaban J connectivity index is 1.58. The van der Waals surface area contributed by atoms with E-state index >= 15 is 0 Å². The van der Waals surface area contributed by atoms with Crippen molar-refractivity contribution in [2.24, 2.45) is 0 Å². The molecule has 0 saturated heterocycles. The summed E-state index contributed by atoms with van der Waals surface area (Å²) in [5, 5.41) is 13.0. The number of furan rings is 1. The van der Waals surface area contributed by atoms with Gasteiger partial charge < -0.3 is 9.15 Å². The number of aromatic nitrogens is 2. The topological polar surface area (TPSA) is 101 Å². The van der Waals surface area contributed by atoms with Crippen molar-refractivity contribution in [1.82, 2.24) is 9.78 Å². The van der Waals surface area contributed by atoms with Gasteiger partial charge in [-0.15, -0.1) is 0 Å². The third-order valence-electron chi connectivity index (χ3n) is 3.66. The maximum absolute atomic E-state index is 12.3. The molecule has 3 rings (SSSR count). The second-order valence-corrected chi connectivity index (χ2v) is 5.52. The zero-order valence-electron chi connectivity index (χ0n) is 14.3. The first-order valence-electron chi connectivity index (χ1n) is 8.13. The fourth-order valence-electron chi connectivity index (χ4n) is 2.40. The minimum Gasteiger partial charge on any atom is -0.452 e. The number of benzene rings is 1. The van der Waals surface area contributed by atoms with Gasteiger partial charge in [-0.25, -0.2) is 4.79 Å². The molecule has 3 aromatic rings. The minimum absolute atomic E-state index is 0.00324. The molecule has 0 aliphatic rings. The second kappa shape index (κ2) is 8.49. The molecular formula is C19H16N4O4. The van der Waals surface area contributed by atoms with Crippen LogP contribution in [0.1, 0.15) is 16.3 Å². The Labute approximate surface area is 155 Å². The molecule has 8 nitrogen and oxygen atoms in total. The number of anilines is 1. The summed E-state index contributed by atoms with van der Waals surface area (Å²) in [5.41, 5.74) is 0.555. The van der Waals surface area contributed by atoms with Crippen LogP contribution in [0.4, 0.5) is 5.69 Å². The predicted octanol–water partition coefficient (Wildman–Crippen LogP) is 2.24. The first-order chi connectivity index (χ1) is 13.2. The van der Waals surface area contributed by atoms with Crippen molar-refractivity contribution >= 4 is 17.6 Å². The van der Waals surface area contributed by atoms with Crippen molar-refractivity contribution in [3.05, 3.63) is 72.4 Å². The molecule has 0 spiro atoms. The van der Waals surface area contributed by atoms with Gasteiger partial charge >= 0.3 is 5.97 Å². The van der Waals surface area contributed by atoms with Gasteiger partial charge in [-0.05, 0) is 30.3 Å². The number of nitrogens with zero attached hydrogens (tertiary/aromatic N) is 4. The van der Waals surface area contributed by atoms with Crippen LogP contribution in [-0.2, 0) is 16.1 Å². The molecule has 0 N–H and O–H groups in total. The van der Waals surface area contributed by atoms with Crippen LogP contribution in [0.15, 0.2) is 65.3 Å². The van der Waals surface area contributed by atoms with E-state index in [-0.39, 0.29) is 12.3 Å². The van der Waals surface area contributed by atoms with Crippen LogP contribution in [0.2, 0.25) is 0 Å². The van der Waals surface area contributed by atoms with Crippen molar-refractivity contribution in [1.29, 1.82) is 5.26 Å². The number of carbonyl (C=O) groups excluding carboxylic acids is 2. The lowest BCUT2D eigenvalue weighted by molar-refractivity contribution is -0.121. The van der Waals surface area contributed by atoms with Crippen LogP contribution in [0.5, 0.6) is 0 Å². The first-order valence-corrected chi connectivity index (χ1v) is 8.13. The standard InChI is InChI=1S/C19H16N4O4/c20-9-12-23(15-5-2-1-3-6-15)18(24)14-26-19(25)17-8-7-16(27-17)13-22-11-4-10-21-22/h1-8,10-11H,12-14H2. The number of para-hydroxylation sites is 1. The van der Waals surface area contributed by atoms with E-state index in [0.29, 0.717) is 18.0 Å². The Morgan fingerprint density at radius 3 is 2.70 bits per heavy atom. The Hall–Kier alpha value is -3.86. The lowest BCUT2D eigenvalue weighted by Gasteiger charge is -2.19. The summed E-state index contributed by atoms with van der Waals surface area (Å²) in [5.74, 6) is -0.719. The SMILES string of the molecule is N#CCN(C(=O)COC(=O)c1ccc(Cn2cccn2)o1)c1ccccc1. The number of hydrogen-bond donors (Lipinski definition) is 0. The number of ether oxygens (including phenoxy) is 1. The van der Waals surface area contributed by atoms with Crippen LogP contribution in [0, 0.1) is 11.3 Å². The quantitative estimate of drug-likeness (QED) is 0.471.